The van der Waals surface area contributed by atoms with Crippen molar-refractivity contribution in [2.75, 3.05) is 0 Å². The van der Waals surface area contributed by atoms with Crippen LogP contribution in [0.3, 0.4) is 0 Å². The van der Waals surface area contributed by atoms with Crippen molar-refractivity contribution in [2.45, 2.75) is 13.5 Å². The van der Waals surface area contributed by atoms with E-state index in [4.69, 9.17) is 4.42 Å². The lowest BCUT2D eigenvalue weighted by molar-refractivity contribution is 0.0944. The van der Waals surface area contributed by atoms with Gasteiger partial charge >= 0.3 is 0 Å². The summed E-state index contributed by atoms with van der Waals surface area (Å²) in [7, 11) is 0. The van der Waals surface area contributed by atoms with E-state index in [0.717, 1.165) is 16.7 Å². The van der Waals surface area contributed by atoms with E-state index in [0.29, 0.717) is 12.2 Å². The standard InChI is InChI=1S/C15H14N2O2/c1-10-4-5-13-11(7-10)8-14(17-13)15(18)16-9-12-3-2-6-19-12/h2-8,17H,9H2,1H3,(H,16,18). The van der Waals surface area contributed by atoms with Crippen LogP contribution in [0.1, 0.15) is 21.8 Å². The van der Waals surface area contributed by atoms with Gasteiger partial charge in [-0.25, -0.2) is 0 Å². The summed E-state index contributed by atoms with van der Waals surface area (Å²) in [4.78, 5) is 15.1. The smallest absolute Gasteiger partial charge is 0.268 e. The van der Waals surface area contributed by atoms with E-state index in [-0.39, 0.29) is 5.91 Å². The number of rotatable bonds is 3. The first-order valence-corrected chi connectivity index (χ1v) is 6.12. The van der Waals surface area contributed by atoms with Gasteiger partial charge in [-0.05, 0) is 37.3 Å². The Kier molecular flexibility index (Phi) is 2.83. The molecule has 0 atom stereocenters. The number of nitrogens with one attached hydrogen (secondary N) is 2. The molecule has 0 saturated carbocycles. The SMILES string of the molecule is Cc1ccc2[nH]c(C(=O)NCc3ccco3)cc2c1. The first-order chi connectivity index (χ1) is 9.22. The van der Waals surface area contributed by atoms with Crippen molar-refractivity contribution < 1.29 is 9.21 Å². The van der Waals surface area contributed by atoms with Crippen LogP contribution in [-0.2, 0) is 6.54 Å². The Labute approximate surface area is 110 Å². The predicted octanol–water partition coefficient (Wildman–Crippen LogP) is 3.00. The van der Waals surface area contributed by atoms with E-state index in [1.807, 2.05) is 31.2 Å². The van der Waals surface area contributed by atoms with Crippen molar-refractivity contribution in [3.63, 3.8) is 0 Å². The van der Waals surface area contributed by atoms with Crippen LogP contribution in [-0.4, -0.2) is 10.9 Å². The number of aryl methyl sites for hydroxylation is 1. The molecule has 0 spiro atoms. The molecule has 1 aromatic carbocycles. The van der Waals surface area contributed by atoms with Crippen LogP contribution in [0.2, 0.25) is 0 Å². The topological polar surface area (TPSA) is 58.0 Å². The zero-order valence-electron chi connectivity index (χ0n) is 10.6. The second kappa shape index (κ2) is 4.65. The Morgan fingerprint density at radius 2 is 2.21 bits per heavy atom. The summed E-state index contributed by atoms with van der Waals surface area (Å²) in [5.74, 6) is 0.602. The number of carbonyl (C=O) groups is 1. The predicted molar refractivity (Wildman–Crippen MR) is 72.9 cm³/mol. The number of benzene rings is 1. The quantitative estimate of drug-likeness (QED) is 0.754. The molecule has 4 nitrogen and oxygen atoms in total. The normalized spacial score (nSPS) is 10.8. The van der Waals surface area contributed by atoms with Crippen molar-refractivity contribution in [3.8, 4) is 0 Å². The van der Waals surface area contributed by atoms with Crippen LogP contribution in [0.15, 0.2) is 47.1 Å². The molecule has 19 heavy (non-hydrogen) atoms. The van der Waals surface area contributed by atoms with Crippen LogP contribution in [0.5, 0.6) is 0 Å². The second-order valence-corrected chi connectivity index (χ2v) is 4.54. The molecule has 3 rings (SSSR count). The minimum atomic E-state index is -0.134. The molecular weight excluding hydrogens is 240 g/mol. The average molecular weight is 254 g/mol. The van der Waals surface area contributed by atoms with E-state index in [1.165, 1.54) is 5.56 Å². The summed E-state index contributed by atoms with van der Waals surface area (Å²) < 4.78 is 5.17. The maximum absolute atomic E-state index is 12.0. The number of H-pyrrole nitrogens is 1. The van der Waals surface area contributed by atoms with Gasteiger partial charge in [-0.2, -0.15) is 0 Å². The third-order valence-corrected chi connectivity index (χ3v) is 3.02. The number of aromatic amines is 1. The fraction of sp³-hybridized carbons (Fsp3) is 0.133. The Morgan fingerprint density at radius 3 is 3.00 bits per heavy atom. The Balaban J connectivity index is 1.77. The van der Waals surface area contributed by atoms with Crippen LogP contribution < -0.4 is 5.32 Å². The molecule has 0 fully saturated rings. The summed E-state index contributed by atoms with van der Waals surface area (Å²) in [6, 6.07) is 11.5. The van der Waals surface area contributed by atoms with E-state index in [2.05, 4.69) is 16.4 Å². The minimum Gasteiger partial charge on any atom is -0.467 e. The van der Waals surface area contributed by atoms with Gasteiger partial charge in [0.25, 0.3) is 5.91 Å². The van der Waals surface area contributed by atoms with Crippen LogP contribution in [0.25, 0.3) is 10.9 Å². The van der Waals surface area contributed by atoms with Crippen molar-refractivity contribution in [3.05, 3.63) is 59.7 Å². The Morgan fingerprint density at radius 1 is 1.32 bits per heavy atom. The van der Waals surface area contributed by atoms with E-state index in [1.54, 1.807) is 12.3 Å². The first kappa shape index (κ1) is 11.6. The van der Waals surface area contributed by atoms with Gasteiger partial charge in [0.05, 0.1) is 12.8 Å². The van der Waals surface area contributed by atoms with Crippen molar-refractivity contribution in [2.24, 2.45) is 0 Å². The molecule has 2 aromatic heterocycles. The van der Waals surface area contributed by atoms with Crippen LogP contribution >= 0.6 is 0 Å². The highest BCUT2D eigenvalue weighted by Crippen LogP contribution is 2.17. The highest BCUT2D eigenvalue weighted by Gasteiger charge is 2.09. The molecule has 0 aliphatic heterocycles. The maximum atomic E-state index is 12.0. The van der Waals surface area contributed by atoms with Crippen molar-refractivity contribution in [1.29, 1.82) is 0 Å². The summed E-state index contributed by atoms with van der Waals surface area (Å²) in [5, 5.41) is 3.86. The molecule has 0 aliphatic carbocycles. The van der Waals surface area contributed by atoms with Crippen LogP contribution in [0, 0.1) is 6.92 Å². The highest BCUT2D eigenvalue weighted by molar-refractivity contribution is 5.98. The number of carbonyl (C=O) groups excluding carboxylic acids is 1. The lowest BCUT2D eigenvalue weighted by Crippen LogP contribution is -2.22. The van der Waals surface area contributed by atoms with Gasteiger partial charge in [0.2, 0.25) is 0 Å². The number of hydrogen-bond acceptors (Lipinski definition) is 2. The van der Waals surface area contributed by atoms with Gasteiger partial charge in [0, 0.05) is 10.9 Å². The molecule has 96 valence electrons. The summed E-state index contributed by atoms with van der Waals surface area (Å²) in [5.41, 5.74) is 2.70. The zero-order valence-corrected chi connectivity index (χ0v) is 10.6. The van der Waals surface area contributed by atoms with E-state index < -0.39 is 0 Å². The number of hydrogen-bond donors (Lipinski definition) is 2. The fourth-order valence-corrected chi connectivity index (χ4v) is 2.05. The van der Waals surface area contributed by atoms with Gasteiger partial charge in [0.1, 0.15) is 11.5 Å². The molecule has 0 bridgehead atoms. The monoisotopic (exact) mass is 254 g/mol. The van der Waals surface area contributed by atoms with Crippen molar-refractivity contribution >= 4 is 16.8 Å². The zero-order chi connectivity index (χ0) is 13.2. The molecule has 3 aromatic rings. The fourth-order valence-electron chi connectivity index (χ4n) is 2.05. The molecule has 0 aliphatic rings. The lowest BCUT2D eigenvalue weighted by atomic mass is 10.2. The average Bonchev–Trinajstić information content (AvgIpc) is 3.04. The molecule has 4 heteroatoms. The third kappa shape index (κ3) is 2.38. The number of amides is 1. The maximum Gasteiger partial charge on any atom is 0.268 e. The summed E-state index contributed by atoms with van der Waals surface area (Å²) >= 11 is 0. The molecule has 0 unspecified atom stereocenters. The molecule has 0 radical (unpaired) electrons. The molecule has 2 heterocycles. The first-order valence-electron chi connectivity index (χ1n) is 6.12. The summed E-state index contributed by atoms with van der Waals surface area (Å²) in [6.45, 7) is 2.42. The highest BCUT2D eigenvalue weighted by atomic mass is 16.3. The molecular formula is C15H14N2O2. The van der Waals surface area contributed by atoms with Gasteiger partial charge in [-0.3, -0.25) is 4.79 Å². The molecule has 1 amide bonds. The number of fused-ring (bicyclic) bond motifs is 1. The minimum absolute atomic E-state index is 0.134. The van der Waals surface area contributed by atoms with E-state index >= 15 is 0 Å². The Bertz CT molecular complexity index is 711. The van der Waals surface area contributed by atoms with Gasteiger partial charge in [0.15, 0.2) is 0 Å². The van der Waals surface area contributed by atoms with E-state index in [9.17, 15) is 4.79 Å². The number of furan rings is 1. The molecule has 2 N–H and O–H groups in total. The van der Waals surface area contributed by atoms with Gasteiger partial charge in [-0.1, -0.05) is 11.6 Å². The van der Waals surface area contributed by atoms with Crippen LogP contribution in [0.4, 0.5) is 0 Å². The lowest BCUT2D eigenvalue weighted by Gasteiger charge is -2.00. The largest absolute Gasteiger partial charge is 0.467 e. The third-order valence-electron chi connectivity index (χ3n) is 3.02. The molecule has 0 saturated heterocycles. The second-order valence-electron chi connectivity index (χ2n) is 4.54. The number of aromatic nitrogens is 1. The van der Waals surface area contributed by atoms with Gasteiger partial charge < -0.3 is 14.7 Å². The summed E-state index contributed by atoms with van der Waals surface area (Å²) in [6.07, 6.45) is 1.59. The van der Waals surface area contributed by atoms with Gasteiger partial charge in [-0.15, -0.1) is 0 Å². The Hall–Kier alpha value is -2.49. The van der Waals surface area contributed by atoms with Crippen molar-refractivity contribution in [1.82, 2.24) is 10.3 Å².